The predicted octanol–water partition coefficient (Wildman–Crippen LogP) is 5.10. The summed E-state index contributed by atoms with van der Waals surface area (Å²) in [6, 6.07) is 18.0. The first-order valence-corrected chi connectivity index (χ1v) is 13.2. The Morgan fingerprint density at radius 3 is 2.48 bits per heavy atom. The molecule has 170 valence electrons. The highest BCUT2D eigenvalue weighted by atomic mass is 32.2. The molecule has 0 spiro atoms. The van der Waals surface area contributed by atoms with E-state index in [9.17, 15) is 13.2 Å². The Bertz CT molecular complexity index is 1370. The van der Waals surface area contributed by atoms with Crippen molar-refractivity contribution in [3.63, 3.8) is 0 Å². The summed E-state index contributed by atoms with van der Waals surface area (Å²) in [6.07, 6.45) is 2.03. The molecule has 4 aromatic rings. The average Bonchev–Trinajstić information content (AvgIpc) is 3.26. The first-order chi connectivity index (χ1) is 15.8. The van der Waals surface area contributed by atoms with E-state index in [-0.39, 0.29) is 35.9 Å². The number of carbonyl (C=O) groups excluding carboxylic acids is 1. The fourth-order valence-electron chi connectivity index (χ4n) is 3.54. The van der Waals surface area contributed by atoms with Gasteiger partial charge in [0.15, 0.2) is 15.0 Å². The second-order valence-corrected chi connectivity index (χ2v) is 11.0. The smallest absolute Gasteiger partial charge is 0.229 e. The van der Waals surface area contributed by atoms with E-state index in [0.29, 0.717) is 5.13 Å². The molecule has 0 aliphatic carbocycles. The first-order valence-electron chi connectivity index (χ1n) is 10.7. The number of anilines is 1. The second-order valence-electron chi connectivity index (χ2n) is 7.89. The zero-order valence-corrected chi connectivity index (χ0v) is 20.2. The lowest BCUT2D eigenvalue weighted by molar-refractivity contribution is -0.118. The molecule has 0 atom stereocenters. The molecule has 0 radical (unpaired) electrons. The zero-order chi connectivity index (χ0) is 23.4. The fourth-order valence-corrected chi connectivity index (χ4v) is 5.91. The van der Waals surface area contributed by atoms with Crippen LogP contribution in [0.3, 0.4) is 0 Å². The largest absolute Gasteiger partial charge is 0.282 e. The Labute approximate surface area is 197 Å². The summed E-state index contributed by atoms with van der Waals surface area (Å²) < 4.78 is 26.2. The summed E-state index contributed by atoms with van der Waals surface area (Å²) in [5, 5.41) is 0.597. The molecule has 0 bridgehead atoms. The molecule has 0 saturated heterocycles. The van der Waals surface area contributed by atoms with Gasteiger partial charge in [0, 0.05) is 12.6 Å². The number of thiazole rings is 1. The normalized spacial score (nSPS) is 11.6. The molecule has 2 heterocycles. The third-order valence-corrected chi connectivity index (χ3v) is 8.42. The first kappa shape index (κ1) is 23.1. The fraction of sp³-hybridized carbons (Fsp3) is 0.240. The lowest BCUT2D eigenvalue weighted by Crippen LogP contribution is -2.30. The second kappa shape index (κ2) is 9.80. The van der Waals surface area contributed by atoms with E-state index in [1.165, 1.54) is 11.3 Å². The van der Waals surface area contributed by atoms with Crippen LogP contribution >= 0.6 is 11.3 Å². The summed E-state index contributed by atoms with van der Waals surface area (Å²) in [6.45, 7) is 4.35. The van der Waals surface area contributed by atoms with Crippen LogP contribution in [0, 0.1) is 13.8 Å². The van der Waals surface area contributed by atoms with Crippen LogP contribution in [0.5, 0.6) is 0 Å². The third-order valence-electron chi connectivity index (χ3n) is 5.56. The number of rotatable bonds is 8. The van der Waals surface area contributed by atoms with Crippen molar-refractivity contribution in [3.05, 3.63) is 83.7 Å². The average molecular weight is 480 g/mol. The Hall–Kier alpha value is -3.10. The third kappa shape index (κ3) is 5.29. The van der Waals surface area contributed by atoms with Gasteiger partial charge in [-0.3, -0.25) is 14.7 Å². The van der Waals surface area contributed by atoms with Gasteiger partial charge in [-0.2, -0.15) is 0 Å². The monoisotopic (exact) mass is 479 g/mol. The highest BCUT2D eigenvalue weighted by molar-refractivity contribution is 7.91. The highest BCUT2D eigenvalue weighted by Gasteiger charge is 2.22. The number of pyridine rings is 1. The van der Waals surface area contributed by atoms with Crippen LogP contribution in [-0.2, 0) is 21.2 Å². The van der Waals surface area contributed by atoms with Crippen molar-refractivity contribution in [2.75, 3.05) is 10.7 Å². The summed E-state index contributed by atoms with van der Waals surface area (Å²) in [5.74, 6) is -0.254. The summed E-state index contributed by atoms with van der Waals surface area (Å²) in [7, 11) is -3.43. The molecule has 0 fully saturated rings. The van der Waals surface area contributed by atoms with Crippen LogP contribution < -0.4 is 4.90 Å². The van der Waals surface area contributed by atoms with Crippen LogP contribution in [0.25, 0.3) is 10.2 Å². The molecular weight excluding hydrogens is 454 g/mol. The van der Waals surface area contributed by atoms with Crippen LogP contribution in [-0.4, -0.2) is 30.0 Å². The van der Waals surface area contributed by atoms with Gasteiger partial charge in [-0.05, 0) is 61.7 Å². The van der Waals surface area contributed by atoms with Crippen molar-refractivity contribution >= 4 is 42.4 Å². The molecule has 8 heteroatoms. The molecule has 2 aromatic heterocycles. The molecule has 4 rings (SSSR count). The van der Waals surface area contributed by atoms with Gasteiger partial charge in [0.1, 0.15) is 0 Å². The molecular formula is C25H25N3O3S2. The van der Waals surface area contributed by atoms with E-state index in [1.54, 1.807) is 41.4 Å². The van der Waals surface area contributed by atoms with E-state index < -0.39 is 9.84 Å². The number of hydrogen-bond donors (Lipinski definition) is 0. The summed E-state index contributed by atoms with van der Waals surface area (Å²) >= 11 is 1.46. The molecule has 0 unspecified atom stereocenters. The van der Waals surface area contributed by atoms with Gasteiger partial charge >= 0.3 is 0 Å². The number of amides is 1. The molecule has 0 aliphatic rings. The Kier molecular flexibility index (Phi) is 6.85. The van der Waals surface area contributed by atoms with Gasteiger partial charge in [0.25, 0.3) is 0 Å². The number of carbonyl (C=O) groups is 1. The molecule has 6 nitrogen and oxygen atoms in total. The zero-order valence-electron chi connectivity index (χ0n) is 18.6. The Balaban J connectivity index is 1.56. The number of hydrogen-bond acceptors (Lipinski definition) is 6. The number of aromatic nitrogens is 2. The Morgan fingerprint density at radius 2 is 1.76 bits per heavy atom. The van der Waals surface area contributed by atoms with Crippen molar-refractivity contribution in [1.82, 2.24) is 9.97 Å². The number of benzene rings is 2. The van der Waals surface area contributed by atoms with Crippen molar-refractivity contribution in [2.24, 2.45) is 0 Å². The van der Waals surface area contributed by atoms with E-state index >= 15 is 0 Å². The maximum Gasteiger partial charge on any atom is 0.229 e. The number of sulfone groups is 1. The number of aryl methyl sites for hydroxylation is 2. The maximum atomic E-state index is 13.3. The van der Waals surface area contributed by atoms with Crippen molar-refractivity contribution in [1.29, 1.82) is 0 Å². The number of nitrogens with zero attached hydrogens (tertiary/aromatic N) is 3. The Morgan fingerprint density at radius 1 is 1.00 bits per heavy atom. The summed E-state index contributed by atoms with van der Waals surface area (Å²) in [4.78, 5) is 24.3. The van der Waals surface area contributed by atoms with Crippen LogP contribution in [0.1, 0.15) is 29.7 Å². The van der Waals surface area contributed by atoms with E-state index in [1.807, 2.05) is 38.1 Å². The van der Waals surface area contributed by atoms with Gasteiger partial charge in [0.05, 0.1) is 33.1 Å². The molecule has 0 aliphatic heterocycles. The molecule has 2 aromatic carbocycles. The quantitative estimate of drug-likeness (QED) is 0.351. The molecule has 33 heavy (non-hydrogen) atoms. The van der Waals surface area contributed by atoms with Gasteiger partial charge in [-0.15, -0.1) is 0 Å². The van der Waals surface area contributed by atoms with Crippen molar-refractivity contribution in [3.8, 4) is 0 Å². The van der Waals surface area contributed by atoms with Crippen molar-refractivity contribution in [2.45, 2.75) is 38.1 Å². The number of fused-ring (bicyclic) bond motifs is 1. The van der Waals surface area contributed by atoms with E-state index in [2.05, 4.69) is 11.1 Å². The van der Waals surface area contributed by atoms with E-state index in [4.69, 9.17) is 4.98 Å². The SMILES string of the molecule is Cc1ccc2sc(N(Cc3ccccn3)C(=O)CCCS(=O)(=O)c3ccccc3)nc2c1C. The molecule has 0 saturated carbocycles. The van der Waals surface area contributed by atoms with Crippen LogP contribution in [0.4, 0.5) is 5.13 Å². The van der Waals surface area contributed by atoms with Crippen molar-refractivity contribution < 1.29 is 13.2 Å². The predicted molar refractivity (Wildman–Crippen MR) is 132 cm³/mol. The van der Waals surface area contributed by atoms with Gasteiger partial charge in [-0.1, -0.05) is 41.7 Å². The minimum Gasteiger partial charge on any atom is -0.282 e. The van der Waals surface area contributed by atoms with Gasteiger partial charge < -0.3 is 0 Å². The maximum absolute atomic E-state index is 13.3. The lowest BCUT2D eigenvalue weighted by Gasteiger charge is -2.19. The van der Waals surface area contributed by atoms with Crippen LogP contribution in [0.15, 0.2) is 71.8 Å². The standard InChI is InChI=1S/C25H25N3O3S2/c1-18-13-14-22-24(19(18)2)27-25(32-22)28(17-20-9-6-7-15-26-20)23(29)12-8-16-33(30,31)21-10-4-3-5-11-21/h3-7,9-11,13-15H,8,12,16-17H2,1-2H3. The topological polar surface area (TPSA) is 80.2 Å². The van der Waals surface area contributed by atoms with Gasteiger partial charge in [-0.25, -0.2) is 13.4 Å². The molecule has 0 N–H and O–H groups in total. The van der Waals surface area contributed by atoms with Gasteiger partial charge in [0.2, 0.25) is 5.91 Å². The summed E-state index contributed by atoms with van der Waals surface area (Å²) in [5.41, 5.74) is 3.87. The highest BCUT2D eigenvalue weighted by Crippen LogP contribution is 2.33. The lowest BCUT2D eigenvalue weighted by atomic mass is 10.1. The minimum atomic E-state index is -3.43. The van der Waals surface area contributed by atoms with E-state index in [0.717, 1.165) is 27.0 Å². The minimum absolute atomic E-state index is 0.0850. The van der Waals surface area contributed by atoms with Crippen LogP contribution in [0.2, 0.25) is 0 Å². The molecule has 1 amide bonds.